The number of alkyl halides is 3. The van der Waals surface area contributed by atoms with Gasteiger partial charge >= 0.3 is 6.18 Å². The standard InChI is InChI=1S/C22H30F3N7O2S/c1-13-11-31(35(33,34)16-3-4-16)6-5-18(13)29-20-27-10-17(22(23,24)25)19(30-20)14-9-28-32(12-14)15-7-21(2,26)8-15/h9-10,12-13,15-16,18H,3-8,11,26H2,1-2H3,(H,27,29,30)/t13-,15?,18+,21?/m1/s1. The van der Waals surface area contributed by atoms with E-state index in [4.69, 9.17) is 5.73 Å². The van der Waals surface area contributed by atoms with Crippen molar-refractivity contribution in [2.24, 2.45) is 11.7 Å². The Morgan fingerprint density at radius 3 is 2.51 bits per heavy atom. The third kappa shape index (κ3) is 4.90. The van der Waals surface area contributed by atoms with Gasteiger partial charge < -0.3 is 11.1 Å². The van der Waals surface area contributed by atoms with Gasteiger partial charge in [0, 0.05) is 42.6 Å². The van der Waals surface area contributed by atoms with Crippen LogP contribution in [-0.2, 0) is 16.2 Å². The zero-order valence-electron chi connectivity index (χ0n) is 19.7. The molecule has 2 aliphatic carbocycles. The second kappa shape index (κ2) is 8.41. The molecule has 9 nitrogen and oxygen atoms in total. The maximum Gasteiger partial charge on any atom is 0.419 e. The summed E-state index contributed by atoms with van der Waals surface area (Å²) in [6.45, 7) is 4.58. The van der Waals surface area contributed by atoms with Crippen molar-refractivity contribution in [3.63, 3.8) is 0 Å². The number of nitrogens with two attached hydrogens (primary N) is 1. The number of anilines is 1. The molecule has 2 saturated carbocycles. The van der Waals surface area contributed by atoms with Gasteiger partial charge in [-0.05, 0) is 44.9 Å². The van der Waals surface area contributed by atoms with Gasteiger partial charge in [-0.25, -0.2) is 22.7 Å². The number of hydrogen-bond donors (Lipinski definition) is 2. The van der Waals surface area contributed by atoms with E-state index in [9.17, 15) is 21.6 Å². The van der Waals surface area contributed by atoms with Crippen molar-refractivity contribution in [1.82, 2.24) is 24.1 Å². The molecule has 1 aliphatic heterocycles. The van der Waals surface area contributed by atoms with Crippen molar-refractivity contribution < 1.29 is 21.6 Å². The molecule has 0 bridgehead atoms. The number of nitrogens with zero attached hydrogens (tertiary/aromatic N) is 5. The van der Waals surface area contributed by atoms with Crippen molar-refractivity contribution >= 4 is 16.0 Å². The van der Waals surface area contributed by atoms with Gasteiger partial charge in [-0.1, -0.05) is 6.92 Å². The Hall–Kier alpha value is -2.25. The molecule has 13 heteroatoms. The fourth-order valence-corrected chi connectivity index (χ4v) is 6.99. The molecule has 5 rings (SSSR count). The summed E-state index contributed by atoms with van der Waals surface area (Å²) in [6, 6.07) is -0.115. The summed E-state index contributed by atoms with van der Waals surface area (Å²) >= 11 is 0. The normalized spacial score (nSPS) is 30.2. The molecule has 3 N–H and O–H groups in total. The lowest BCUT2D eigenvalue weighted by Crippen LogP contribution is -2.49. The highest BCUT2D eigenvalue weighted by Gasteiger charge is 2.43. The monoisotopic (exact) mass is 513 g/mol. The summed E-state index contributed by atoms with van der Waals surface area (Å²) in [7, 11) is -3.26. The topological polar surface area (TPSA) is 119 Å². The average molecular weight is 514 g/mol. The molecule has 1 saturated heterocycles. The molecule has 0 aromatic carbocycles. The minimum atomic E-state index is -4.63. The molecular weight excluding hydrogens is 483 g/mol. The van der Waals surface area contributed by atoms with Crippen LogP contribution >= 0.6 is 0 Å². The second-order valence-electron chi connectivity index (χ2n) is 10.5. The molecule has 3 heterocycles. The van der Waals surface area contributed by atoms with Crippen LogP contribution in [-0.4, -0.2) is 62.4 Å². The number of rotatable bonds is 6. The predicted molar refractivity (Wildman–Crippen MR) is 124 cm³/mol. The molecule has 0 unspecified atom stereocenters. The minimum Gasteiger partial charge on any atom is -0.351 e. The Balaban J connectivity index is 1.35. The lowest BCUT2D eigenvalue weighted by Gasteiger charge is -2.42. The molecule has 3 fully saturated rings. The summed E-state index contributed by atoms with van der Waals surface area (Å²) in [5, 5.41) is 7.14. The van der Waals surface area contributed by atoms with E-state index in [0.717, 1.165) is 6.20 Å². The first-order chi connectivity index (χ1) is 16.3. The zero-order chi connectivity index (χ0) is 25.2. The highest BCUT2D eigenvalue weighted by atomic mass is 32.2. The van der Waals surface area contributed by atoms with Gasteiger partial charge in [0.25, 0.3) is 0 Å². The SMILES string of the molecule is C[C@@H]1CN(S(=O)(=O)C2CC2)CC[C@@H]1Nc1ncc(C(F)(F)F)c(-c2cnn(C3CC(C)(N)C3)c2)n1. The third-order valence-electron chi connectivity index (χ3n) is 7.24. The van der Waals surface area contributed by atoms with Crippen LogP contribution in [0.4, 0.5) is 19.1 Å². The largest absolute Gasteiger partial charge is 0.419 e. The Morgan fingerprint density at radius 2 is 1.91 bits per heavy atom. The number of halogens is 3. The lowest BCUT2D eigenvalue weighted by atomic mass is 9.75. The zero-order valence-corrected chi connectivity index (χ0v) is 20.5. The van der Waals surface area contributed by atoms with E-state index in [1.54, 1.807) is 10.9 Å². The fourth-order valence-electron chi connectivity index (χ4n) is 5.04. The molecule has 2 aromatic rings. The Morgan fingerprint density at radius 1 is 1.20 bits per heavy atom. The predicted octanol–water partition coefficient (Wildman–Crippen LogP) is 3.03. The van der Waals surface area contributed by atoms with E-state index in [2.05, 4.69) is 20.4 Å². The van der Waals surface area contributed by atoms with E-state index >= 15 is 0 Å². The van der Waals surface area contributed by atoms with Crippen LogP contribution in [0.15, 0.2) is 18.6 Å². The van der Waals surface area contributed by atoms with E-state index < -0.39 is 21.8 Å². The van der Waals surface area contributed by atoms with Crippen LogP contribution in [0.1, 0.15) is 57.6 Å². The van der Waals surface area contributed by atoms with Gasteiger partial charge in [-0.3, -0.25) is 4.68 Å². The van der Waals surface area contributed by atoms with Crippen molar-refractivity contribution in [2.45, 2.75) is 75.0 Å². The van der Waals surface area contributed by atoms with Crippen LogP contribution in [0.5, 0.6) is 0 Å². The number of piperidine rings is 1. The van der Waals surface area contributed by atoms with E-state index in [1.165, 1.54) is 10.5 Å². The highest BCUT2D eigenvalue weighted by Crippen LogP contribution is 2.41. The maximum absolute atomic E-state index is 13.7. The number of aromatic nitrogens is 4. The molecule has 2 atom stereocenters. The number of sulfonamides is 1. The molecule has 192 valence electrons. The summed E-state index contributed by atoms with van der Waals surface area (Å²) < 4.78 is 69.6. The summed E-state index contributed by atoms with van der Waals surface area (Å²) in [5.41, 5.74) is 4.86. The van der Waals surface area contributed by atoms with E-state index in [-0.39, 0.29) is 46.0 Å². The van der Waals surface area contributed by atoms with Crippen LogP contribution < -0.4 is 11.1 Å². The van der Waals surface area contributed by atoms with Gasteiger partial charge in [0.1, 0.15) is 5.56 Å². The average Bonchev–Trinajstić information content (AvgIpc) is 3.51. The van der Waals surface area contributed by atoms with Gasteiger partial charge in [0.15, 0.2) is 0 Å². The smallest absolute Gasteiger partial charge is 0.351 e. The number of nitrogens with one attached hydrogen (secondary N) is 1. The minimum absolute atomic E-state index is 0.0467. The lowest BCUT2D eigenvalue weighted by molar-refractivity contribution is -0.137. The molecule has 0 spiro atoms. The van der Waals surface area contributed by atoms with E-state index in [1.807, 2.05) is 13.8 Å². The molecular formula is C22H30F3N7O2S. The first kappa shape index (κ1) is 24.4. The highest BCUT2D eigenvalue weighted by molar-refractivity contribution is 7.90. The summed E-state index contributed by atoms with van der Waals surface area (Å²) in [6.07, 6.45) is 2.46. The van der Waals surface area contributed by atoms with Gasteiger partial charge in [0.05, 0.1) is 23.2 Å². The molecule has 0 radical (unpaired) electrons. The molecule has 2 aromatic heterocycles. The Kier molecular flexibility index (Phi) is 5.87. The molecule has 3 aliphatic rings. The molecule has 35 heavy (non-hydrogen) atoms. The second-order valence-corrected chi connectivity index (χ2v) is 12.7. The first-order valence-electron chi connectivity index (χ1n) is 11.9. The summed E-state index contributed by atoms with van der Waals surface area (Å²) in [5.74, 6) is 0.0211. The van der Waals surface area contributed by atoms with Gasteiger partial charge in [-0.15, -0.1) is 0 Å². The van der Waals surface area contributed by atoms with Crippen molar-refractivity contribution in [2.75, 3.05) is 18.4 Å². The van der Waals surface area contributed by atoms with Crippen molar-refractivity contribution in [3.8, 4) is 11.3 Å². The summed E-state index contributed by atoms with van der Waals surface area (Å²) in [4.78, 5) is 8.17. The van der Waals surface area contributed by atoms with Crippen LogP contribution in [0, 0.1) is 5.92 Å². The Labute approximate surface area is 202 Å². The number of hydrogen-bond acceptors (Lipinski definition) is 7. The third-order valence-corrected chi connectivity index (χ3v) is 9.60. The van der Waals surface area contributed by atoms with Crippen LogP contribution in [0.2, 0.25) is 0 Å². The fraction of sp³-hybridized carbons (Fsp3) is 0.682. The van der Waals surface area contributed by atoms with Gasteiger partial charge in [0.2, 0.25) is 16.0 Å². The van der Waals surface area contributed by atoms with Crippen LogP contribution in [0.3, 0.4) is 0 Å². The van der Waals surface area contributed by atoms with E-state index in [0.29, 0.717) is 45.2 Å². The van der Waals surface area contributed by atoms with Gasteiger partial charge in [-0.2, -0.15) is 18.3 Å². The van der Waals surface area contributed by atoms with Crippen LogP contribution in [0.25, 0.3) is 11.3 Å². The molecule has 0 amide bonds. The van der Waals surface area contributed by atoms with Crippen molar-refractivity contribution in [3.05, 3.63) is 24.2 Å². The van der Waals surface area contributed by atoms with Crippen molar-refractivity contribution in [1.29, 1.82) is 0 Å². The maximum atomic E-state index is 13.7. The quantitative estimate of drug-likeness (QED) is 0.609. The Bertz CT molecular complexity index is 1200. The first-order valence-corrected chi connectivity index (χ1v) is 13.4.